The minimum absolute atomic E-state index is 0.363. The van der Waals surface area contributed by atoms with Gasteiger partial charge in [-0.2, -0.15) is 10.4 Å². The topological polar surface area (TPSA) is 50.8 Å². The lowest BCUT2D eigenvalue weighted by Gasteiger charge is -2.08. The Morgan fingerprint density at radius 3 is 2.63 bits per heavy atom. The van der Waals surface area contributed by atoms with Crippen molar-refractivity contribution < 1.29 is 4.74 Å². The maximum Gasteiger partial charge on any atom is 0.222 e. The molecule has 0 N–H and O–H groups in total. The van der Waals surface area contributed by atoms with E-state index in [0.29, 0.717) is 23.9 Å². The highest BCUT2D eigenvalue weighted by atomic mass is 35.5. The number of nitrogens with zero attached hydrogens (tertiary/aromatic N) is 3. The second kappa shape index (κ2) is 5.77. The summed E-state index contributed by atoms with van der Waals surface area (Å²) in [6, 6.07) is 9.55. The van der Waals surface area contributed by atoms with Crippen LogP contribution in [0.4, 0.5) is 0 Å². The van der Waals surface area contributed by atoms with Gasteiger partial charge < -0.3 is 4.74 Å². The molecule has 2 rings (SSSR count). The highest BCUT2D eigenvalue weighted by Gasteiger charge is 2.14. The van der Waals surface area contributed by atoms with Crippen molar-refractivity contribution in [3.63, 3.8) is 0 Å². The van der Waals surface area contributed by atoms with Crippen molar-refractivity contribution in [1.29, 1.82) is 5.26 Å². The molecule has 0 amide bonds. The van der Waals surface area contributed by atoms with Gasteiger partial charge in [-0.25, -0.2) is 4.68 Å². The first kappa shape index (κ1) is 13.4. The van der Waals surface area contributed by atoms with Crippen molar-refractivity contribution in [3.8, 4) is 17.7 Å². The first-order valence-corrected chi connectivity index (χ1v) is 6.41. The number of nitriles is 1. The van der Waals surface area contributed by atoms with Gasteiger partial charge in [0.15, 0.2) is 0 Å². The van der Waals surface area contributed by atoms with E-state index < -0.39 is 0 Å². The minimum Gasteiger partial charge on any atom is -0.439 e. The van der Waals surface area contributed by atoms with E-state index in [4.69, 9.17) is 21.6 Å². The van der Waals surface area contributed by atoms with Gasteiger partial charge in [0.2, 0.25) is 5.88 Å². The zero-order chi connectivity index (χ0) is 13.8. The maximum absolute atomic E-state index is 8.62. The highest BCUT2D eigenvalue weighted by Crippen LogP contribution is 2.28. The molecule has 1 aromatic carbocycles. The Balaban J connectivity index is 2.24. The van der Waals surface area contributed by atoms with Crippen LogP contribution in [0.15, 0.2) is 24.3 Å². The number of alkyl halides is 1. The summed E-state index contributed by atoms with van der Waals surface area (Å²) in [4.78, 5) is 0. The number of aromatic nitrogens is 2. The fourth-order valence-electron chi connectivity index (χ4n) is 1.84. The van der Waals surface area contributed by atoms with E-state index in [2.05, 4.69) is 11.2 Å². The molecule has 0 saturated carbocycles. The SMILES string of the molecule is Cc1nn(C)c(Oc2ccc(CC#N)cc2)c1CCl. The molecule has 2 aromatic rings. The summed E-state index contributed by atoms with van der Waals surface area (Å²) in [7, 11) is 1.82. The lowest BCUT2D eigenvalue weighted by atomic mass is 10.2. The molecule has 0 aliphatic heterocycles. The lowest BCUT2D eigenvalue weighted by Crippen LogP contribution is -1.96. The van der Waals surface area contributed by atoms with Crippen LogP contribution in [-0.2, 0) is 19.3 Å². The van der Waals surface area contributed by atoms with Crippen molar-refractivity contribution in [3.05, 3.63) is 41.1 Å². The van der Waals surface area contributed by atoms with Gasteiger partial charge in [0.05, 0.1) is 29.6 Å². The van der Waals surface area contributed by atoms with Crippen LogP contribution >= 0.6 is 11.6 Å². The molecule has 0 radical (unpaired) electrons. The Hall–Kier alpha value is -1.99. The summed E-state index contributed by atoms with van der Waals surface area (Å²) in [6.45, 7) is 1.90. The van der Waals surface area contributed by atoms with E-state index in [1.165, 1.54) is 0 Å². The van der Waals surface area contributed by atoms with Gasteiger partial charge in [0, 0.05) is 7.05 Å². The Morgan fingerprint density at radius 2 is 2.05 bits per heavy atom. The molecule has 98 valence electrons. The zero-order valence-electron chi connectivity index (χ0n) is 10.9. The highest BCUT2D eigenvalue weighted by molar-refractivity contribution is 6.17. The monoisotopic (exact) mass is 275 g/mol. The van der Waals surface area contributed by atoms with E-state index in [0.717, 1.165) is 16.8 Å². The van der Waals surface area contributed by atoms with Crippen LogP contribution in [0.25, 0.3) is 0 Å². The first-order chi connectivity index (χ1) is 9.15. The third kappa shape index (κ3) is 2.88. The van der Waals surface area contributed by atoms with Crippen LogP contribution in [0.1, 0.15) is 16.8 Å². The van der Waals surface area contributed by atoms with Crippen LogP contribution in [0.2, 0.25) is 0 Å². The first-order valence-electron chi connectivity index (χ1n) is 5.88. The van der Waals surface area contributed by atoms with Gasteiger partial charge in [-0.1, -0.05) is 12.1 Å². The molecule has 1 heterocycles. The van der Waals surface area contributed by atoms with Gasteiger partial charge in [0.1, 0.15) is 5.75 Å². The molecule has 0 aliphatic rings. The van der Waals surface area contributed by atoms with Crippen LogP contribution in [0.5, 0.6) is 11.6 Å². The van der Waals surface area contributed by atoms with E-state index in [9.17, 15) is 0 Å². The normalized spacial score (nSPS) is 10.2. The number of hydrogen-bond donors (Lipinski definition) is 0. The average molecular weight is 276 g/mol. The maximum atomic E-state index is 8.62. The number of rotatable bonds is 4. The summed E-state index contributed by atoms with van der Waals surface area (Å²) in [6.07, 6.45) is 0.401. The van der Waals surface area contributed by atoms with Gasteiger partial charge in [-0.05, 0) is 24.6 Å². The molecule has 0 atom stereocenters. The van der Waals surface area contributed by atoms with E-state index in [1.54, 1.807) is 4.68 Å². The summed E-state index contributed by atoms with van der Waals surface area (Å²) >= 11 is 5.91. The van der Waals surface area contributed by atoms with Crippen LogP contribution in [0, 0.1) is 18.3 Å². The van der Waals surface area contributed by atoms with Crippen molar-refractivity contribution >= 4 is 11.6 Å². The number of ether oxygens (including phenoxy) is 1. The van der Waals surface area contributed by atoms with E-state index in [1.807, 2.05) is 38.2 Å². The van der Waals surface area contributed by atoms with Gasteiger partial charge in [-0.3, -0.25) is 0 Å². The van der Waals surface area contributed by atoms with Crippen molar-refractivity contribution in [2.75, 3.05) is 0 Å². The van der Waals surface area contributed by atoms with Gasteiger partial charge in [-0.15, -0.1) is 11.6 Å². The molecule has 0 aliphatic carbocycles. The molecule has 0 saturated heterocycles. The number of hydrogen-bond acceptors (Lipinski definition) is 3. The van der Waals surface area contributed by atoms with Crippen LogP contribution < -0.4 is 4.74 Å². The molecule has 19 heavy (non-hydrogen) atoms. The van der Waals surface area contributed by atoms with Crippen LogP contribution in [-0.4, -0.2) is 9.78 Å². The second-order valence-corrected chi connectivity index (χ2v) is 4.47. The van der Waals surface area contributed by atoms with Gasteiger partial charge >= 0.3 is 0 Å². The Bertz CT molecular complexity index is 611. The summed E-state index contributed by atoms with van der Waals surface area (Å²) < 4.78 is 7.50. The van der Waals surface area contributed by atoms with E-state index in [-0.39, 0.29) is 0 Å². The molecule has 1 aromatic heterocycles. The van der Waals surface area contributed by atoms with Crippen molar-refractivity contribution in [2.45, 2.75) is 19.2 Å². The summed E-state index contributed by atoms with van der Waals surface area (Å²) in [5.41, 5.74) is 2.73. The molecular weight excluding hydrogens is 262 g/mol. The van der Waals surface area contributed by atoms with Gasteiger partial charge in [0.25, 0.3) is 0 Å². The molecule has 5 heteroatoms. The smallest absolute Gasteiger partial charge is 0.222 e. The summed E-state index contributed by atoms with van der Waals surface area (Å²) in [5, 5.41) is 12.9. The quantitative estimate of drug-likeness (QED) is 0.804. The molecule has 0 bridgehead atoms. The second-order valence-electron chi connectivity index (χ2n) is 4.21. The lowest BCUT2D eigenvalue weighted by molar-refractivity contribution is 0.427. The zero-order valence-corrected chi connectivity index (χ0v) is 11.6. The molecule has 4 nitrogen and oxygen atoms in total. The molecule has 0 spiro atoms. The summed E-state index contributed by atoms with van der Waals surface area (Å²) in [5.74, 6) is 1.72. The van der Waals surface area contributed by atoms with E-state index >= 15 is 0 Å². The number of benzene rings is 1. The molecule has 0 fully saturated rings. The van der Waals surface area contributed by atoms with Crippen molar-refractivity contribution in [2.24, 2.45) is 7.05 Å². The van der Waals surface area contributed by atoms with Crippen LogP contribution in [0.3, 0.4) is 0 Å². The predicted octanol–water partition coefficient (Wildman–Crippen LogP) is 3.33. The Morgan fingerprint density at radius 1 is 1.37 bits per heavy atom. The number of aryl methyl sites for hydroxylation is 2. The largest absolute Gasteiger partial charge is 0.439 e. The fraction of sp³-hybridized carbons (Fsp3) is 0.286. The average Bonchev–Trinajstić information content (AvgIpc) is 2.66. The molecule has 0 unspecified atom stereocenters. The predicted molar refractivity (Wildman–Crippen MR) is 73.3 cm³/mol. The van der Waals surface area contributed by atoms with Crippen molar-refractivity contribution in [1.82, 2.24) is 9.78 Å². The Kier molecular flexibility index (Phi) is 4.08. The number of halogens is 1. The fourth-order valence-corrected chi connectivity index (χ4v) is 2.15. The third-order valence-electron chi connectivity index (χ3n) is 2.84. The minimum atomic E-state index is 0.363. The standard InChI is InChI=1S/C14H14ClN3O/c1-10-13(9-15)14(18(2)17-10)19-12-5-3-11(4-6-12)7-8-16/h3-6H,7,9H2,1-2H3. The molecular formula is C14H14ClN3O. The Labute approximate surface area is 117 Å². The third-order valence-corrected chi connectivity index (χ3v) is 3.11.